The molecule has 0 saturated heterocycles. The van der Waals surface area contributed by atoms with Crippen molar-refractivity contribution in [1.82, 2.24) is 0 Å². The Morgan fingerprint density at radius 1 is 1.27 bits per heavy atom. The van der Waals surface area contributed by atoms with Crippen LogP contribution in [0.3, 0.4) is 0 Å². The Labute approximate surface area is 85.8 Å². The summed E-state index contributed by atoms with van der Waals surface area (Å²) in [4.78, 5) is 0. The molecule has 0 aliphatic carbocycles. The zero-order valence-corrected chi connectivity index (χ0v) is 7.95. The lowest BCUT2D eigenvalue weighted by Crippen LogP contribution is -2.30. The van der Waals surface area contributed by atoms with Gasteiger partial charge in [0.1, 0.15) is 0 Å². The third-order valence-electron chi connectivity index (χ3n) is 2.23. The molecular weight excluding hydrogens is 204 g/mol. The van der Waals surface area contributed by atoms with Gasteiger partial charge < -0.3 is 15.2 Å². The first kappa shape index (κ1) is 10.2. The van der Waals surface area contributed by atoms with Crippen LogP contribution in [0.5, 0.6) is 11.5 Å². The van der Waals surface area contributed by atoms with E-state index in [-0.39, 0.29) is 13.2 Å². The Balaban J connectivity index is 2.10. The topological polar surface area (TPSA) is 44.5 Å². The minimum absolute atomic E-state index is 0.133. The minimum atomic E-state index is -2.50. The molecule has 1 heterocycles. The fraction of sp³-hybridized carbons (Fsp3) is 0.400. The van der Waals surface area contributed by atoms with Gasteiger partial charge >= 0.3 is 0 Å². The molecule has 0 aromatic heterocycles. The number of halogens is 2. The van der Waals surface area contributed by atoms with Crippen LogP contribution in [0.2, 0.25) is 0 Å². The van der Waals surface area contributed by atoms with Gasteiger partial charge in [0.15, 0.2) is 11.5 Å². The molecule has 1 unspecified atom stereocenters. The maximum Gasteiger partial charge on any atom is 0.253 e. The lowest BCUT2D eigenvalue weighted by Gasteiger charge is -2.10. The monoisotopic (exact) mass is 215 g/mol. The number of nitrogens with two attached hydrogens (primary N) is 1. The molecule has 1 aliphatic rings. The van der Waals surface area contributed by atoms with Gasteiger partial charge in [-0.05, 0) is 24.1 Å². The molecule has 2 N–H and O–H groups in total. The highest BCUT2D eigenvalue weighted by molar-refractivity contribution is 5.44. The molecule has 1 atom stereocenters. The largest absolute Gasteiger partial charge is 0.454 e. The van der Waals surface area contributed by atoms with E-state index in [1.54, 1.807) is 18.2 Å². The second-order valence-corrected chi connectivity index (χ2v) is 3.39. The summed E-state index contributed by atoms with van der Waals surface area (Å²) in [5.74, 6) is 1.23. The number of hydrogen-bond acceptors (Lipinski definition) is 3. The van der Waals surface area contributed by atoms with Crippen molar-refractivity contribution in [2.75, 3.05) is 6.79 Å². The van der Waals surface area contributed by atoms with Gasteiger partial charge in [-0.25, -0.2) is 8.78 Å². The highest BCUT2D eigenvalue weighted by Gasteiger charge is 2.18. The van der Waals surface area contributed by atoms with Crippen LogP contribution in [0, 0.1) is 0 Å². The van der Waals surface area contributed by atoms with E-state index < -0.39 is 12.5 Å². The van der Waals surface area contributed by atoms with E-state index in [1.165, 1.54) is 0 Å². The van der Waals surface area contributed by atoms with E-state index in [9.17, 15) is 8.78 Å². The van der Waals surface area contributed by atoms with Gasteiger partial charge in [0, 0.05) is 0 Å². The van der Waals surface area contributed by atoms with Crippen molar-refractivity contribution in [3.8, 4) is 11.5 Å². The maximum atomic E-state index is 12.2. The first-order valence-electron chi connectivity index (χ1n) is 4.59. The van der Waals surface area contributed by atoms with Gasteiger partial charge in [0.2, 0.25) is 6.79 Å². The van der Waals surface area contributed by atoms with E-state index in [1.807, 2.05) is 0 Å². The molecular formula is C10H11F2NO2. The van der Waals surface area contributed by atoms with Crippen molar-refractivity contribution in [1.29, 1.82) is 0 Å². The first-order chi connectivity index (χ1) is 7.16. The summed E-state index contributed by atoms with van der Waals surface area (Å²) in [6.45, 7) is 0.180. The van der Waals surface area contributed by atoms with E-state index in [2.05, 4.69) is 0 Å². The van der Waals surface area contributed by atoms with Gasteiger partial charge in [-0.15, -0.1) is 0 Å². The normalized spacial score (nSPS) is 15.7. The lowest BCUT2D eigenvalue weighted by molar-refractivity contribution is 0.116. The summed E-state index contributed by atoms with van der Waals surface area (Å²) >= 11 is 0. The molecule has 2 rings (SSSR count). The summed E-state index contributed by atoms with van der Waals surface area (Å²) in [5, 5.41) is 0. The molecule has 1 aromatic rings. The van der Waals surface area contributed by atoms with Gasteiger partial charge in [-0.3, -0.25) is 0 Å². The SMILES string of the molecule is NC(Cc1ccc2c(c1)OCO2)C(F)F. The number of fused-ring (bicyclic) bond motifs is 1. The summed E-state index contributed by atoms with van der Waals surface area (Å²) in [5.41, 5.74) is 6.00. The van der Waals surface area contributed by atoms with Crippen molar-refractivity contribution >= 4 is 0 Å². The first-order valence-corrected chi connectivity index (χ1v) is 4.59. The smallest absolute Gasteiger partial charge is 0.253 e. The average Bonchev–Trinajstić information content (AvgIpc) is 2.64. The van der Waals surface area contributed by atoms with Crippen LogP contribution in [0.15, 0.2) is 18.2 Å². The zero-order chi connectivity index (χ0) is 10.8. The van der Waals surface area contributed by atoms with E-state index in [0.29, 0.717) is 11.5 Å². The fourth-order valence-corrected chi connectivity index (χ4v) is 1.43. The van der Waals surface area contributed by atoms with Gasteiger partial charge in [-0.1, -0.05) is 6.07 Å². The fourth-order valence-electron chi connectivity index (χ4n) is 1.43. The summed E-state index contributed by atoms with van der Waals surface area (Å²) in [7, 11) is 0. The Morgan fingerprint density at radius 2 is 2.00 bits per heavy atom. The number of ether oxygens (including phenoxy) is 2. The maximum absolute atomic E-state index is 12.2. The third-order valence-corrected chi connectivity index (χ3v) is 2.23. The van der Waals surface area contributed by atoms with Crippen LogP contribution in [0.25, 0.3) is 0 Å². The van der Waals surface area contributed by atoms with Gasteiger partial charge in [-0.2, -0.15) is 0 Å². The van der Waals surface area contributed by atoms with Gasteiger partial charge in [0.25, 0.3) is 6.43 Å². The Kier molecular flexibility index (Phi) is 2.73. The van der Waals surface area contributed by atoms with Crippen molar-refractivity contribution in [3.05, 3.63) is 23.8 Å². The van der Waals surface area contributed by atoms with Crippen molar-refractivity contribution in [2.24, 2.45) is 5.73 Å². The Morgan fingerprint density at radius 3 is 2.73 bits per heavy atom. The predicted octanol–water partition coefficient (Wildman–Crippen LogP) is 1.55. The van der Waals surface area contributed by atoms with Crippen LogP contribution < -0.4 is 15.2 Å². The van der Waals surface area contributed by atoms with Crippen LogP contribution >= 0.6 is 0 Å². The predicted molar refractivity (Wildman–Crippen MR) is 50.2 cm³/mol. The highest BCUT2D eigenvalue weighted by atomic mass is 19.3. The Bertz CT molecular complexity index is 357. The Hall–Kier alpha value is -1.36. The molecule has 0 radical (unpaired) electrons. The highest BCUT2D eigenvalue weighted by Crippen LogP contribution is 2.32. The minimum Gasteiger partial charge on any atom is -0.454 e. The molecule has 0 bridgehead atoms. The van der Waals surface area contributed by atoms with Crippen molar-refractivity contribution in [3.63, 3.8) is 0 Å². The quantitative estimate of drug-likeness (QED) is 0.832. The second kappa shape index (κ2) is 4.02. The zero-order valence-electron chi connectivity index (χ0n) is 7.95. The molecule has 5 heteroatoms. The number of alkyl halides is 2. The summed E-state index contributed by atoms with van der Waals surface area (Å²) < 4.78 is 34.6. The van der Waals surface area contributed by atoms with Gasteiger partial charge in [0.05, 0.1) is 6.04 Å². The number of benzene rings is 1. The third kappa shape index (κ3) is 2.18. The number of hydrogen-bond donors (Lipinski definition) is 1. The second-order valence-electron chi connectivity index (χ2n) is 3.39. The lowest BCUT2D eigenvalue weighted by atomic mass is 10.1. The standard InChI is InChI=1S/C10H11F2NO2/c11-10(12)7(13)3-6-1-2-8-9(4-6)15-5-14-8/h1-2,4,7,10H,3,5,13H2. The summed E-state index contributed by atoms with van der Waals surface area (Å²) in [6.07, 6.45) is -2.37. The molecule has 0 saturated carbocycles. The van der Waals surface area contributed by atoms with Crippen LogP contribution in [-0.2, 0) is 6.42 Å². The summed E-state index contributed by atoms with van der Waals surface area (Å²) in [6, 6.07) is 3.97. The average molecular weight is 215 g/mol. The van der Waals surface area contributed by atoms with Crippen LogP contribution in [-0.4, -0.2) is 19.3 Å². The molecule has 3 nitrogen and oxygen atoms in total. The van der Waals surface area contributed by atoms with Crippen molar-refractivity contribution < 1.29 is 18.3 Å². The molecule has 0 fully saturated rings. The molecule has 1 aromatic carbocycles. The number of rotatable bonds is 3. The van der Waals surface area contributed by atoms with E-state index in [4.69, 9.17) is 15.2 Å². The van der Waals surface area contributed by atoms with E-state index >= 15 is 0 Å². The van der Waals surface area contributed by atoms with E-state index in [0.717, 1.165) is 5.56 Å². The van der Waals surface area contributed by atoms with Crippen molar-refractivity contribution in [2.45, 2.75) is 18.9 Å². The molecule has 1 aliphatic heterocycles. The van der Waals surface area contributed by atoms with Crippen LogP contribution in [0.1, 0.15) is 5.56 Å². The molecule has 0 amide bonds. The van der Waals surface area contributed by atoms with Crippen LogP contribution in [0.4, 0.5) is 8.78 Å². The molecule has 82 valence electrons. The molecule has 0 spiro atoms. The molecule has 15 heavy (non-hydrogen) atoms.